The molecule has 0 aliphatic carbocycles. The molecule has 132 valence electrons. The van der Waals surface area contributed by atoms with Crippen LogP contribution in [0, 0.1) is 0 Å². The molecule has 0 aliphatic heterocycles. The molecule has 0 bridgehead atoms. The van der Waals surface area contributed by atoms with Crippen molar-refractivity contribution in [1.82, 2.24) is 4.98 Å². The van der Waals surface area contributed by atoms with E-state index in [2.05, 4.69) is 10.3 Å². The van der Waals surface area contributed by atoms with Gasteiger partial charge in [0.2, 0.25) is 0 Å². The Morgan fingerprint density at radius 2 is 1.19 bits per heavy atom. The number of rotatable bonds is 5. The van der Waals surface area contributed by atoms with Gasteiger partial charge in [0, 0.05) is 6.17 Å². The van der Waals surface area contributed by atoms with Crippen molar-refractivity contribution < 1.29 is 4.11 Å². The lowest BCUT2D eigenvalue weighted by Gasteiger charge is -2.38. The Hall–Kier alpha value is -3.59. The molecule has 4 aromatic rings. The molecular formula is C24H21N3. The summed E-state index contributed by atoms with van der Waals surface area (Å²) >= 11 is 0. The Bertz CT molecular complexity index is 1050. The fourth-order valence-corrected chi connectivity index (χ4v) is 3.36. The fourth-order valence-electron chi connectivity index (χ4n) is 3.36. The van der Waals surface area contributed by atoms with E-state index >= 15 is 0 Å². The van der Waals surface area contributed by atoms with Gasteiger partial charge >= 0.3 is 0 Å². The largest absolute Gasteiger partial charge is 0.382 e. The Kier molecular flexibility index (Phi) is 3.70. The van der Waals surface area contributed by atoms with Crippen molar-refractivity contribution in [2.24, 2.45) is 0 Å². The van der Waals surface area contributed by atoms with Gasteiger partial charge in [-0.05, 0) is 28.8 Å². The maximum atomic E-state index is 8.45. The first-order valence-corrected chi connectivity index (χ1v) is 8.72. The first kappa shape index (κ1) is 13.6. The van der Waals surface area contributed by atoms with Crippen molar-refractivity contribution in [2.75, 3.05) is 11.1 Å². The lowest BCUT2D eigenvalue weighted by molar-refractivity contribution is 0.711. The fraction of sp³-hybridized carbons (Fsp3) is 0.0417. The second kappa shape index (κ2) is 7.34. The third-order valence-corrected chi connectivity index (χ3v) is 4.61. The van der Waals surface area contributed by atoms with Crippen LogP contribution in [-0.2, 0) is 5.54 Å². The number of benzene rings is 3. The highest BCUT2D eigenvalue weighted by atomic mass is 15.0. The van der Waals surface area contributed by atoms with Crippen LogP contribution in [0.5, 0.6) is 0 Å². The Morgan fingerprint density at radius 3 is 1.63 bits per heavy atom. The molecule has 1 aromatic heterocycles. The molecule has 0 saturated heterocycles. The van der Waals surface area contributed by atoms with Crippen LogP contribution >= 0.6 is 0 Å². The van der Waals surface area contributed by atoms with Gasteiger partial charge in [0.1, 0.15) is 11.4 Å². The quantitative estimate of drug-likeness (QED) is 0.492. The van der Waals surface area contributed by atoms with Gasteiger partial charge in [-0.25, -0.2) is 4.98 Å². The first-order valence-electron chi connectivity index (χ1n) is 10.2. The van der Waals surface area contributed by atoms with Crippen LogP contribution in [-0.4, -0.2) is 4.98 Å². The van der Waals surface area contributed by atoms with Gasteiger partial charge in [-0.1, -0.05) is 91.0 Å². The van der Waals surface area contributed by atoms with Gasteiger partial charge < -0.3 is 11.1 Å². The monoisotopic (exact) mass is 354 g/mol. The van der Waals surface area contributed by atoms with Crippen LogP contribution in [0.15, 0.2) is 109 Å². The standard InChI is InChI=1S/C24H21N3/c25-23-22(17-10-18-26-23)27-24(19-11-4-1-5-12-19,20-13-6-2-7-14-20)21-15-8-3-9-16-21/h1-18,27H,(H2,25,26)/i10D,17D,18D. The van der Waals surface area contributed by atoms with Crippen LogP contribution in [0.25, 0.3) is 0 Å². The second-order valence-electron chi connectivity index (χ2n) is 6.21. The number of hydrogen-bond acceptors (Lipinski definition) is 3. The van der Waals surface area contributed by atoms with Gasteiger partial charge in [0.15, 0.2) is 0 Å². The SMILES string of the molecule is [2H]c1nc(N)c(NC(c2ccccc2)(c2ccccc2)c2ccccc2)c([2H])c1[2H]. The van der Waals surface area contributed by atoms with E-state index in [1.54, 1.807) is 0 Å². The van der Waals surface area contributed by atoms with Crippen molar-refractivity contribution >= 4 is 11.5 Å². The molecule has 0 atom stereocenters. The number of hydrogen-bond donors (Lipinski definition) is 2. The van der Waals surface area contributed by atoms with Gasteiger partial charge in [-0.15, -0.1) is 0 Å². The minimum Gasteiger partial charge on any atom is -0.382 e. The van der Waals surface area contributed by atoms with Crippen molar-refractivity contribution in [3.05, 3.63) is 126 Å². The topological polar surface area (TPSA) is 50.9 Å². The summed E-state index contributed by atoms with van der Waals surface area (Å²) in [7, 11) is 0. The van der Waals surface area contributed by atoms with E-state index < -0.39 is 5.54 Å². The molecule has 0 unspecified atom stereocenters. The van der Waals surface area contributed by atoms with Crippen LogP contribution in [0.4, 0.5) is 11.5 Å². The van der Waals surface area contributed by atoms with Crippen molar-refractivity contribution in [3.63, 3.8) is 0 Å². The highest BCUT2D eigenvalue weighted by Gasteiger charge is 2.36. The van der Waals surface area contributed by atoms with Gasteiger partial charge in [0.25, 0.3) is 0 Å². The molecule has 0 fully saturated rings. The molecular weight excluding hydrogens is 330 g/mol. The molecule has 4 rings (SSSR count). The third-order valence-electron chi connectivity index (χ3n) is 4.61. The molecule has 3 aromatic carbocycles. The Labute approximate surface area is 163 Å². The summed E-state index contributed by atoms with van der Waals surface area (Å²) in [5.74, 6) is 0.0215. The maximum absolute atomic E-state index is 8.45. The highest BCUT2D eigenvalue weighted by Crippen LogP contribution is 2.40. The predicted octanol–water partition coefficient (Wildman–Crippen LogP) is 5.07. The molecule has 1 heterocycles. The van der Waals surface area contributed by atoms with E-state index in [0.29, 0.717) is 0 Å². The second-order valence-corrected chi connectivity index (χ2v) is 6.21. The molecule has 0 radical (unpaired) electrons. The van der Waals surface area contributed by atoms with Crippen molar-refractivity contribution in [3.8, 4) is 0 Å². The highest BCUT2D eigenvalue weighted by molar-refractivity contribution is 5.67. The van der Waals surface area contributed by atoms with Crippen molar-refractivity contribution in [2.45, 2.75) is 5.54 Å². The molecule has 0 aliphatic rings. The zero-order valence-corrected chi connectivity index (χ0v) is 14.7. The lowest BCUT2D eigenvalue weighted by Crippen LogP contribution is -2.38. The van der Waals surface area contributed by atoms with Gasteiger partial charge in [-0.3, -0.25) is 0 Å². The molecule has 3 heteroatoms. The molecule has 0 spiro atoms. The smallest absolute Gasteiger partial charge is 0.146 e. The molecule has 0 amide bonds. The summed E-state index contributed by atoms with van der Waals surface area (Å²) in [5, 5.41) is 3.47. The van der Waals surface area contributed by atoms with Crippen LogP contribution in [0.1, 0.15) is 20.8 Å². The number of anilines is 2. The molecule has 3 nitrogen and oxygen atoms in total. The number of nitrogens with two attached hydrogens (primary N) is 1. The summed E-state index contributed by atoms with van der Waals surface area (Å²) in [6.07, 6.45) is -0.312. The third kappa shape index (κ3) is 3.15. The summed E-state index contributed by atoms with van der Waals surface area (Å²) in [6.45, 7) is 0. The van der Waals surface area contributed by atoms with Crippen LogP contribution < -0.4 is 11.1 Å². The number of nitrogens with zero attached hydrogens (tertiary/aromatic N) is 1. The normalized spacial score (nSPS) is 12.7. The number of aromatic nitrogens is 1. The Balaban J connectivity index is 2.05. The average molecular weight is 354 g/mol. The number of pyridine rings is 1. The van der Waals surface area contributed by atoms with E-state index in [1.807, 2.05) is 91.0 Å². The van der Waals surface area contributed by atoms with Crippen LogP contribution in [0.3, 0.4) is 0 Å². The minimum absolute atomic E-state index is 0.0215. The van der Waals surface area contributed by atoms with E-state index in [4.69, 9.17) is 9.85 Å². The summed E-state index contributed by atoms with van der Waals surface area (Å²) in [5.41, 5.74) is 8.32. The number of nitrogens with one attached hydrogen (secondary N) is 1. The van der Waals surface area contributed by atoms with Gasteiger partial charge in [0.05, 0.1) is 9.80 Å². The van der Waals surface area contributed by atoms with E-state index in [1.165, 1.54) is 0 Å². The molecule has 3 N–H and O–H groups in total. The summed E-state index contributed by atoms with van der Waals surface area (Å²) < 4.78 is 24.3. The minimum atomic E-state index is -0.884. The summed E-state index contributed by atoms with van der Waals surface area (Å²) in [6, 6.07) is 29.3. The molecule has 27 heavy (non-hydrogen) atoms. The van der Waals surface area contributed by atoms with Crippen molar-refractivity contribution in [1.29, 1.82) is 0 Å². The Morgan fingerprint density at radius 1 is 0.741 bits per heavy atom. The van der Waals surface area contributed by atoms with Gasteiger partial charge in [-0.2, -0.15) is 0 Å². The van der Waals surface area contributed by atoms with E-state index in [-0.39, 0.29) is 29.8 Å². The zero-order valence-electron chi connectivity index (χ0n) is 17.7. The average Bonchev–Trinajstić information content (AvgIpc) is 2.80. The summed E-state index contributed by atoms with van der Waals surface area (Å²) in [4.78, 5) is 3.97. The lowest BCUT2D eigenvalue weighted by atomic mass is 9.77. The number of nitrogen functional groups attached to an aromatic ring is 1. The predicted molar refractivity (Wildman–Crippen MR) is 111 cm³/mol. The van der Waals surface area contributed by atoms with E-state index in [9.17, 15) is 0 Å². The van der Waals surface area contributed by atoms with E-state index in [0.717, 1.165) is 16.7 Å². The van der Waals surface area contributed by atoms with Crippen LogP contribution in [0.2, 0.25) is 0 Å². The maximum Gasteiger partial charge on any atom is 0.146 e. The zero-order chi connectivity index (χ0) is 21.1. The first-order chi connectivity index (χ1) is 14.5. The molecule has 0 saturated carbocycles.